The van der Waals surface area contributed by atoms with E-state index >= 15 is 0 Å². The molecule has 5 nitrogen and oxygen atoms in total. The summed E-state index contributed by atoms with van der Waals surface area (Å²) in [6.07, 6.45) is 4.05. The second-order valence-corrected chi connectivity index (χ2v) is 6.03. The number of halogens is 1. The van der Waals surface area contributed by atoms with E-state index in [0.717, 1.165) is 12.5 Å². The number of benzene rings is 1. The smallest absolute Gasteiger partial charge is 0.191 e. The number of hydrogen-bond donors (Lipinski definition) is 2. The molecule has 2 N–H and O–H groups in total. The number of rotatable bonds is 7. The fourth-order valence-electron chi connectivity index (χ4n) is 2.21. The van der Waals surface area contributed by atoms with Crippen LogP contribution < -0.4 is 15.4 Å². The van der Waals surface area contributed by atoms with Crippen molar-refractivity contribution in [3.8, 4) is 5.75 Å². The van der Waals surface area contributed by atoms with Gasteiger partial charge in [-0.1, -0.05) is 23.7 Å². The highest BCUT2D eigenvalue weighted by atomic mass is 35.5. The minimum absolute atomic E-state index is 0.0366. The number of nitrogens with one attached hydrogen (secondary N) is 2. The Morgan fingerprint density at radius 2 is 2.08 bits per heavy atom. The van der Waals surface area contributed by atoms with E-state index in [1.165, 1.54) is 5.56 Å². The second-order valence-electron chi connectivity index (χ2n) is 5.62. The van der Waals surface area contributed by atoms with Gasteiger partial charge in [0.05, 0.1) is 18.1 Å². The fourth-order valence-corrected chi connectivity index (χ4v) is 2.39. The van der Waals surface area contributed by atoms with Gasteiger partial charge in [-0.15, -0.1) is 0 Å². The van der Waals surface area contributed by atoms with E-state index in [4.69, 9.17) is 16.3 Å². The molecule has 0 spiro atoms. The highest BCUT2D eigenvalue weighted by molar-refractivity contribution is 6.32. The molecule has 0 aliphatic rings. The van der Waals surface area contributed by atoms with E-state index in [0.29, 0.717) is 23.9 Å². The summed E-state index contributed by atoms with van der Waals surface area (Å²) in [4.78, 5) is 4.59. The summed E-state index contributed by atoms with van der Waals surface area (Å²) in [6.45, 7) is 6.11. The molecule has 0 saturated carbocycles. The van der Waals surface area contributed by atoms with E-state index in [1.807, 2.05) is 55.9 Å². The number of para-hydroxylation sites is 1. The molecule has 2 aromatic rings. The lowest BCUT2D eigenvalue weighted by Gasteiger charge is -2.18. The van der Waals surface area contributed by atoms with Crippen LogP contribution in [0.3, 0.4) is 0 Å². The minimum Gasteiger partial charge on any atom is -0.487 e. The molecule has 1 heterocycles. The Hall–Kier alpha value is -2.14. The molecule has 0 radical (unpaired) electrons. The van der Waals surface area contributed by atoms with Crippen molar-refractivity contribution in [2.24, 2.45) is 12.0 Å². The topological polar surface area (TPSA) is 50.6 Å². The van der Waals surface area contributed by atoms with Crippen molar-refractivity contribution >= 4 is 17.6 Å². The largest absolute Gasteiger partial charge is 0.487 e. The van der Waals surface area contributed by atoms with Gasteiger partial charge >= 0.3 is 0 Å². The van der Waals surface area contributed by atoms with E-state index < -0.39 is 0 Å². The minimum atomic E-state index is -0.0366. The lowest BCUT2D eigenvalue weighted by atomic mass is 10.3. The van der Waals surface area contributed by atoms with Gasteiger partial charge in [-0.25, -0.2) is 4.99 Å². The Kier molecular flexibility index (Phi) is 7.00. The monoisotopic (exact) mass is 348 g/mol. The highest BCUT2D eigenvalue weighted by Crippen LogP contribution is 2.23. The van der Waals surface area contributed by atoms with Gasteiger partial charge < -0.3 is 19.9 Å². The lowest BCUT2D eigenvalue weighted by molar-refractivity contribution is 0.224. The number of aromatic nitrogens is 1. The fraction of sp³-hybridized carbons (Fsp3) is 0.389. The van der Waals surface area contributed by atoms with Crippen LogP contribution >= 0.6 is 11.6 Å². The maximum absolute atomic E-state index is 6.12. The Balaban J connectivity index is 1.87. The standard InChI is InChI=1S/C18H25ClN4O/c1-4-20-18(22-12-15-9-10-23(3)13-15)21-11-14(2)24-17-8-6-5-7-16(17)19/h5-10,13-14H,4,11-12H2,1-3H3,(H2,20,21,22). The van der Waals surface area contributed by atoms with E-state index in [1.54, 1.807) is 0 Å². The molecule has 0 aliphatic carbocycles. The zero-order valence-electron chi connectivity index (χ0n) is 14.4. The van der Waals surface area contributed by atoms with Gasteiger partial charge in [0.1, 0.15) is 11.9 Å². The predicted octanol–water partition coefficient (Wildman–Crippen LogP) is 3.20. The van der Waals surface area contributed by atoms with Crippen LogP contribution in [0.5, 0.6) is 5.75 Å². The molecule has 130 valence electrons. The molecule has 1 atom stereocenters. The summed E-state index contributed by atoms with van der Waals surface area (Å²) in [5.41, 5.74) is 1.18. The summed E-state index contributed by atoms with van der Waals surface area (Å²) < 4.78 is 7.88. The molecule has 0 bridgehead atoms. The van der Waals surface area contributed by atoms with Crippen LogP contribution in [0.2, 0.25) is 5.02 Å². The number of guanidine groups is 1. The first-order valence-electron chi connectivity index (χ1n) is 8.12. The van der Waals surface area contributed by atoms with Crippen molar-refractivity contribution < 1.29 is 4.74 Å². The third-order valence-corrected chi connectivity index (χ3v) is 3.69. The molecule has 0 fully saturated rings. The third-order valence-electron chi connectivity index (χ3n) is 3.38. The molecule has 0 amide bonds. The number of hydrogen-bond acceptors (Lipinski definition) is 2. The van der Waals surface area contributed by atoms with Crippen LogP contribution in [-0.4, -0.2) is 29.7 Å². The molecule has 0 aliphatic heterocycles. The molecular formula is C18H25ClN4O. The summed E-state index contributed by atoms with van der Waals surface area (Å²) in [5.74, 6) is 1.47. The number of aryl methyl sites for hydroxylation is 1. The zero-order chi connectivity index (χ0) is 17.4. The van der Waals surface area contributed by atoms with Crippen LogP contribution in [0, 0.1) is 0 Å². The molecule has 6 heteroatoms. The summed E-state index contributed by atoms with van der Waals surface area (Å²) >= 11 is 6.12. The van der Waals surface area contributed by atoms with Gasteiger partial charge in [0.25, 0.3) is 0 Å². The SMILES string of the molecule is CCNC(=NCc1ccn(C)c1)NCC(C)Oc1ccccc1Cl. The van der Waals surface area contributed by atoms with Crippen LogP contribution in [0.4, 0.5) is 0 Å². The first-order chi connectivity index (χ1) is 11.6. The van der Waals surface area contributed by atoms with Crippen molar-refractivity contribution in [2.45, 2.75) is 26.5 Å². The van der Waals surface area contributed by atoms with Gasteiger partial charge in [0.15, 0.2) is 5.96 Å². The van der Waals surface area contributed by atoms with Gasteiger partial charge in [-0.3, -0.25) is 0 Å². The van der Waals surface area contributed by atoms with Gasteiger partial charge in [0.2, 0.25) is 0 Å². The Morgan fingerprint density at radius 3 is 2.75 bits per heavy atom. The average Bonchev–Trinajstić information content (AvgIpc) is 2.98. The Morgan fingerprint density at radius 1 is 1.29 bits per heavy atom. The number of aliphatic imine (C=N–C) groups is 1. The van der Waals surface area contributed by atoms with Gasteiger partial charge in [0, 0.05) is 26.0 Å². The van der Waals surface area contributed by atoms with Crippen LogP contribution in [0.15, 0.2) is 47.7 Å². The molecule has 2 rings (SSSR count). The maximum atomic E-state index is 6.12. The lowest BCUT2D eigenvalue weighted by Crippen LogP contribution is -2.41. The van der Waals surface area contributed by atoms with Gasteiger partial charge in [-0.2, -0.15) is 0 Å². The maximum Gasteiger partial charge on any atom is 0.191 e. The highest BCUT2D eigenvalue weighted by Gasteiger charge is 2.08. The number of ether oxygens (including phenoxy) is 1. The molecular weight excluding hydrogens is 324 g/mol. The van der Waals surface area contributed by atoms with E-state index in [2.05, 4.69) is 27.9 Å². The van der Waals surface area contributed by atoms with Crippen molar-refractivity contribution in [1.29, 1.82) is 0 Å². The van der Waals surface area contributed by atoms with Crippen LogP contribution in [0.25, 0.3) is 0 Å². The van der Waals surface area contributed by atoms with Gasteiger partial charge in [-0.05, 0) is 37.6 Å². The molecule has 1 unspecified atom stereocenters. The molecule has 24 heavy (non-hydrogen) atoms. The van der Waals surface area contributed by atoms with Crippen molar-refractivity contribution in [1.82, 2.24) is 15.2 Å². The summed E-state index contributed by atoms with van der Waals surface area (Å²) in [7, 11) is 2.00. The normalized spacial score (nSPS) is 12.8. The Labute approximate surface area is 148 Å². The van der Waals surface area contributed by atoms with E-state index in [-0.39, 0.29) is 6.10 Å². The zero-order valence-corrected chi connectivity index (χ0v) is 15.2. The van der Waals surface area contributed by atoms with Crippen molar-refractivity contribution in [3.63, 3.8) is 0 Å². The second kappa shape index (κ2) is 9.23. The van der Waals surface area contributed by atoms with E-state index in [9.17, 15) is 0 Å². The van der Waals surface area contributed by atoms with Crippen molar-refractivity contribution in [2.75, 3.05) is 13.1 Å². The summed E-state index contributed by atoms with van der Waals surface area (Å²) in [6, 6.07) is 9.55. The summed E-state index contributed by atoms with van der Waals surface area (Å²) in [5, 5.41) is 7.16. The predicted molar refractivity (Wildman–Crippen MR) is 99.8 cm³/mol. The number of nitrogens with zero attached hydrogens (tertiary/aromatic N) is 2. The quantitative estimate of drug-likeness (QED) is 0.596. The van der Waals surface area contributed by atoms with Crippen LogP contribution in [0.1, 0.15) is 19.4 Å². The Bertz CT molecular complexity index is 669. The first kappa shape index (κ1) is 18.2. The van der Waals surface area contributed by atoms with Crippen molar-refractivity contribution in [3.05, 3.63) is 53.3 Å². The molecule has 1 aromatic heterocycles. The van der Waals surface area contributed by atoms with Crippen LogP contribution in [-0.2, 0) is 13.6 Å². The average molecular weight is 349 g/mol. The first-order valence-corrected chi connectivity index (χ1v) is 8.50. The third kappa shape index (κ3) is 5.81. The molecule has 1 aromatic carbocycles. The molecule has 0 saturated heterocycles.